The second-order valence-corrected chi connectivity index (χ2v) is 2.33. The first-order chi connectivity index (χ1) is 5.91. The fourth-order valence-corrected chi connectivity index (χ4v) is 0.709. The molecule has 2 heteroatoms. The molecule has 0 aliphatic heterocycles. The van der Waals surface area contributed by atoms with Gasteiger partial charge in [0.1, 0.15) is 0 Å². The van der Waals surface area contributed by atoms with E-state index in [1.165, 1.54) is 12.8 Å². The molecule has 2 N–H and O–H groups in total. The Balaban J connectivity index is 0.000000202. The first-order valence-electron chi connectivity index (χ1n) is 4.27. The zero-order chi connectivity index (χ0) is 9.07. The highest BCUT2D eigenvalue weighted by molar-refractivity contribution is 5.07. The van der Waals surface area contributed by atoms with E-state index < -0.39 is 0 Å². The summed E-state index contributed by atoms with van der Waals surface area (Å²) in [7, 11) is 1.82. The SMILES string of the molecule is C/C=C\NNC.C1=CCCC=C1. The van der Waals surface area contributed by atoms with E-state index in [9.17, 15) is 0 Å². The molecule has 0 fully saturated rings. The van der Waals surface area contributed by atoms with E-state index in [-0.39, 0.29) is 0 Å². The number of hydrogen-bond acceptors (Lipinski definition) is 2. The third-order valence-corrected chi connectivity index (χ3v) is 1.28. The molecular formula is C10H18N2. The molecule has 2 nitrogen and oxygen atoms in total. The van der Waals surface area contributed by atoms with Gasteiger partial charge >= 0.3 is 0 Å². The van der Waals surface area contributed by atoms with Crippen molar-refractivity contribution in [1.29, 1.82) is 0 Å². The Labute approximate surface area is 75.0 Å². The van der Waals surface area contributed by atoms with Crippen LogP contribution >= 0.6 is 0 Å². The van der Waals surface area contributed by atoms with Gasteiger partial charge in [-0.1, -0.05) is 30.4 Å². The van der Waals surface area contributed by atoms with Crippen LogP contribution in [0.25, 0.3) is 0 Å². The van der Waals surface area contributed by atoms with E-state index in [4.69, 9.17) is 0 Å². The molecule has 0 bridgehead atoms. The van der Waals surface area contributed by atoms with Crippen molar-refractivity contribution in [3.63, 3.8) is 0 Å². The van der Waals surface area contributed by atoms with Crippen molar-refractivity contribution in [1.82, 2.24) is 10.9 Å². The summed E-state index contributed by atoms with van der Waals surface area (Å²) in [5.41, 5.74) is 5.50. The predicted octanol–water partition coefficient (Wildman–Crippen LogP) is 2.14. The summed E-state index contributed by atoms with van der Waals surface area (Å²) in [5, 5.41) is 0. The molecule has 1 aliphatic rings. The van der Waals surface area contributed by atoms with Crippen molar-refractivity contribution >= 4 is 0 Å². The summed E-state index contributed by atoms with van der Waals surface area (Å²) < 4.78 is 0. The van der Waals surface area contributed by atoms with E-state index in [1.807, 2.05) is 26.2 Å². The lowest BCUT2D eigenvalue weighted by Gasteiger charge is -1.89. The van der Waals surface area contributed by atoms with Crippen LogP contribution in [0.3, 0.4) is 0 Å². The van der Waals surface area contributed by atoms with Gasteiger partial charge in [-0.25, -0.2) is 5.43 Å². The molecule has 68 valence electrons. The summed E-state index contributed by atoms with van der Waals surface area (Å²) >= 11 is 0. The van der Waals surface area contributed by atoms with Crippen LogP contribution in [-0.2, 0) is 0 Å². The number of rotatable bonds is 2. The van der Waals surface area contributed by atoms with E-state index in [1.54, 1.807) is 0 Å². The van der Waals surface area contributed by atoms with Gasteiger partial charge in [0, 0.05) is 13.2 Å². The van der Waals surface area contributed by atoms with Gasteiger partial charge in [-0.2, -0.15) is 0 Å². The zero-order valence-electron chi connectivity index (χ0n) is 7.88. The van der Waals surface area contributed by atoms with Crippen molar-refractivity contribution in [3.05, 3.63) is 36.6 Å². The molecule has 0 aromatic carbocycles. The molecule has 0 aromatic rings. The summed E-state index contributed by atoms with van der Waals surface area (Å²) in [5.74, 6) is 0. The summed E-state index contributed by atoms with van der Waals surface area (Å²) in [4.78, 5) is 0. The van der Waals surface area contributed by atoms with Gasteiger partial charge in [0.25, 0.3) is 0 Å². The molecule has 0 atom stereocenters. The fourth-order valence-electron chi connectivity index (χ4n) is 0.709. The summed E-state index contributed by atoms with van der Waals surface area (Å²) in [6, 6.07) is 0. The third kappa shape index (κ3) is 8.98. The lowest BCUT2D eigenvalue weighted by Crippen LogP contribution is -2.20. The van der Waals surface area contributed by atoms with Crippen molar-refractivity contribution in [3.8, 4) is 0 Å². The minimum absolute atomic E-state index is 1.23. The standard InChI is InChI=1S/C6H8.C4H10N2/c1-2-4-6-5-3-1;1-3-4-6-5-2/h1-4H,5-6H2;3-6H,1-2H3/b;4-3-. The molecule has 1 rings (SSSR count). The predicted molar refractivity (Wildman–Crippen MR) is 54.5 cm³/mol. The van der Waals surface area contributed by atoms with Gasteiger partial charge in [0.2, 0.25) is 0 Å². The van der Waals surface area contributed by atoms with E-state index in [2.05, 4.69) is 35.2 Å². The minimum atomic E-state index is 1.23. The summed E-state index contributed by atoms with van der Waals surface area (Å²) in [6.07, 6.45) is 14.7. The maximum Gasteiger partial charge on any atom is 0.00822 e. The van der Waals surface area contributed by atoms with Gasteiger partial charge in [0.05, 0.1) is 0 Å². The topological polar surface area (TPSA) is 24.1 Å². The highest BCUT2D eigenvalue weighted by atomic mass is 15.3. The molecule has 0 unspecified atom stereocenters. The van der Waals surface area contributed by atoms with Crippen LogP contribution in [0.2, 0.25) is 0 Å². The normalized spacial score (nSPS) is 14.2. The quantitative estimate of drug-likeness (QED) is 0.614. The minimum Gasteiger partial charge on any atom is -0.329 e. The molecule has 0 radical (unpaired) electrons. The monoisotopic (exact) mass is 166 g/mol. The molecule has 0 amide bonds. The van der Waals surface area contributed by atoms with Crippen molar-refractivity contribution in [2.45, 2.75) is 19.8 Å². The Morgan fingerprint density at radius 3 is 1.92 bits per heavy atom. The lowest BCUT2D eigenvalue weighted by atomic mass is 10.2. The molecule has 0 heterocycles. The molecular weight excluding hydrogens is 148 g/mol. The van der Waals surface area contributed by atoms with Gasteiger partial charge in [-0.3, -0.25) is 0 Å². The van der Waals surface area contributed by atoms with E-state index in [0.29, 0.717) is 0 Å². The van der Waals surface area contributed by atoms with Crippen molar-refractivity contribution in [2.75, 3.05) is 7.05 Å². The number of allylic oxidation sites excluding steroid dienone is 5. The van der Waals surface area contributed by atoms with Crippen molar-refractivity contribution < 1.29 is 0 Å². The van der Waals surface area contributed by atoms with Crippen LogP contribution in [0.15, 0.2) is 36.6 Å². The Bertz CT molecular complexity index is 145. The zero-order valence-corrected chi connectivity index (χ0v) is 7.88. The highest BCUT2D eigenvalue weighted by Gasteiger charge is 1.77. The number of hydrazine groups is 1. The largest absolute Gasteiger partial charge is 0.329 e. The average Bonchev–Trinajstić information content (AvgIpc) is 2.18. The maximum absolute atomic E-state index is 2.77. The Morgan fingerprint density at radius 1 is 1.17 bits per heavy atom. The second kappa shape index (κ2) is 9.98. The smallest absolute Gasteiger partial charge is 0.00822 e. The van der Waals surface area contributed by atoms with Crippen LogP contribution < -0.4 is 10.9 Å². The molecule has 12 heavy (non-hydrogen) atoms. The van der Waals surface area contributed by atoms with Crippen LogP contribution in [0.5, 0.6) is 0 Å². The first kappa shape index (κ1) is 11.0. The Hall–Kier alpha value is -1.02. The Kier molecular flexibility index (Phi) is 9.13. The molecule has 0 aromatic heterocycles. The maximum atomic E-state index is 2.77. The third-order valence-electron chi connectivity index (χ3n) is 1.28. The fraction of sp³-hybridized carbons (Fsp3) is 0.400. The number of hydrogen-bond donors (Lipinski definition) is 2. The van der Waals surface area contributed by atoms with Crippen molar-refractivity contribution in [2.24, 2.45) is 0 Å². The molecule has 0 saturated carbocycles. The van der Waals surface area contributed by atoms with Gasteiger partial charge in [-0.15, -0.1) is 0 Å². The van der Waals surface area contributed by atoms with Gasteiger partial charge in [0.15, 0.2) is 0 Å². The van der Waals surface area contributed by atoms with E-state index >= 15 is 0 Å². The van der Waals surface area contributed by atoms with Crippen LogP contribution in [0.1, 0.15) is 19.8 Å². The van der Waals surface area contributed by atoms with Crippen LogP contribution in [0.4, 0.5) is 0 Å². The van der Waals surface area contributed by atoms with Crippen LogP contribution in [-0.4, -0.2) is 7.05 Å². The molecule has 1 aliphatic carbocycles. The van der Waals surface area contributed by atoms with Crippen LogP contribution in [0, 0.1) is 0 Å². The molecule has 0 spiro atoms. The highest BCUT2D eigenvalue weighted by Crippen LogP contribution is 1.98. The van der Waals surface area contributed by atoms with E-state index in [0.717, 1.165) is 0 Å². The molecule has 0 saturated heterocycles. The Morgan fingerprint density at radius 2 is 1.75 bits per heavy atom. The summed E-state index contributed by atoms with van der Waals surface area (Å²) in [6.45, 7) is 1.95. The van der Waals surface area contributed by atoms with Gasteiger partial charge in [-0.05, 0) is 19.8 Å². The lowest BCUT2D eigenvalue weighted by molar-refractivity contribution is 0.730. The average molecular weight is 166 g/mol. The second-order valence-electron chi connectivity index (χ2n) is 2.33. The number of nitrogens with one attached hydrogen (secondary N) is 2. The first-order valence-corrected chi connectivity index (χ1v) is 4.27. The van der Waals surface area contributed by atoms with Gasteiger partial charge < -0.3 is 5.43 Å².